The lowest BCUT2D eigenvalue weighted by Gasteiger charge is -2.14. The van der Waals surface area contributed by atoms with Gasteiger partial charge in [0.2, 0.25) is 0 Å². The Morgan fingerprint density at radius 2 is 2.50 bits per heavy atom. The zero-order valence-electron chi connectivity index (χ0n) is 5.13. The molecule has 1 aliphatic heterocycles. The van der Waals surface area contributed by atoms with E-state index in [1.807, 2.05) is 18.9 Å². The Kier molecular flexibility index (Phi) is 1.28. The molecule has 1 rings (SSSR count). The first-order valence-corrected chi connectivity index (χ1v) is 2.54. The first-order chi connectivity index (χ1) is 3.80. The van der Waals surface area contributed by atoms with Crippen LogP contribution in [0, 0.1) is 0 Å². The molecule has 0 aromatic rings. The minimum absolute atomic E-state index is 0.593. The standard InChI is InChI=1S/C5H9N3/c1-5-7-3-6-4-8(5)2/h4H,3H2,1-2H3. The molecule has 0 bridgehead atoms. The largest absolute Gasteiger partial charge is 0.325 e. The van der Waals surface area contributed by atoms with E-state index in [-0.39, 0.29) is 0 Å². The van der Waals surface area contributed by atoms with Gasteiger partial charge >= 0.3 is 0 Å². The first-order valence-electron chi connectivity index (χ1n) is 2.54. The molecule has 0 N–H and O–H groups in total. The summed E-state index contributed by atoms with van der Waals surface area (Å²) >= 11 is 0. The Morgan fingerprint density at radius 3 is 2.88 bits per heavy atom. The number of nitrogens with zero attached hydrogens (tertiary/aromatic N) is 3. The fraction of sp³-hybridized carbons (Fsp3) is 0.600. The maximum Gasteiger partial charge on any atom is 0.133 e. The zero-order valence-corrected chi connectivity index (χ0v) is 5.13. The molecule has 44 valence electrons. The van der Waals surface area contributed by atoms with Crippen LogP contribution in [0.4, 0.5) is 0 Å². The summed E-state index contributed by atoms with van der Waals surface area (Å²) in [7, 11) is 1.93. The van der Waals surface area contributed by atoms with Crippen LogP contribution < -0.4 is 0 Å². The van der Waals surface area contributed by atoms with Crippen LogP contribution in [0.1, 0.15) is 6.92 Å². The Morgan fingerprint density at radius 1 is 1.75 bits per heavy atom. The highest BCUT2D eigenvalue weighted by atomic mass is 15.2. The second-order valence-corrected chi connectivity index (χ2v) is 1.76. The molecular weight excluding hydrogens is 102 g/mol. The first kappa shape index (κ1) is 5.28. The molecule has 0 radical (unpaired) electrons. The molecule has 0 saturated heterocycles. The molecule has 1 heterocycles. The number of aliphatic imine (C=N–C) groups is 2. The molecule has 1 aliphatic rings. The average Bonchev–Trinajstić information content (AvgIpc) is 1.77. The van der Waals surface area contributed by atoms with E-state index < -0.39 is 0 Å². The molecule has 0 aliphatic carbocycles. The summed E-state index contributed by atoms with van der Waals surface area (Å²) in [6.07, 6.45) is 1.78. The molecule has 0 aromatic heterocycles. The molecular formula is C5H9N3. The summed E-state index contributed by atoms with van der Waals surface area (Å²) < 4.78 is 0. The van der Waals surface area contributed by atoms with Crippen molar-refractivity contribution in [3.05, 3.63) is 0 Å². The van der Waals surface area contributed by atoms with Crippen molar-refractivity contribution >= 4 is 12.2 Å². The predicted molar refractivity (Wildman–Crippen MR) is 34.2 cm³/mol. The summed E-state index contributed by atoms with van der Waals surface area (Å²) in [5, 5.41) is 0. The van der Waals surface area contributed by atoms with E-state index in [0.717, 1.165) is 5.84 Å². The van der Waals surface area contributed by atoms with E-state index in [4.69, 9.17) is 0 Å². The number of rotatable bonds is 0. The number of hydrogen-bond donors (Lipinski definition) is 0. The monoisotopic (exact) mass is 111 g/mol. The molecule has 3 heteroatoms. The van der Waals surface area contributed by atoms with E-state index in [0.29, 0.717) is 6.67 Å². The highest BCUT2D eigenvalue weighted by molar-refractivity contribution is 5.90. The maximum atomic E-state index is 4.06. The van der Waals surface area contributed by atoms with Crippen LogP contribution in [0.25, 0.3) is 0 Å². The number of amidine groups is 1. The van der Waals surface area contributed by atoms with Gasteiger partial charge in [-0.05, 0) is 6.92 Å². The summed E-state index contributed by atoms with van der Waals surface area (Å²) in [4.78, 5) is 9.87. The van der Waals surface area contributed by atoms with Gasteiger partial charge in [0.05, 0.1) is 6.34 Å². The molecule has 0 atom stereocenters. The molecule has 0 aromatic carbocycles. The minimum Gasteiger partial charge on any atom is -0.325 e. The number of hydrogen-bond acceptors (Lipinski definition) is 3. The van der Waals surface area contributed by atoms with Gasteiger partial charge in [0.15, 0.2) is 0 Å². The molecule has 0 unspecified atom stereocenters. The lowest BCUT2D eigenvalue weighted by Crippen LogP contribution is -2.25. The van der Waals surface area contributed by atoms with Gasteiger partial charge < -0.3 is 4.90 Å². The maximum absolute atomic E-state index is 4.06. The van der Waals surface area contributed by atoms with Crippen molar-refractivity contribution in [2.24, 2.45) is 9.98 Å². The summed E-state index contributed by atoms with van der Waals surface area (Å²) in [6, 6.07) is 0. The molecule has 0 saturated carbocycles. The Bertz CT molecular complexity index is 137. The van der Waals surface area contributed by atoms with Crippen molar-refractivity contribution in [3.8, 4) is 0 Å². The highest BCUT2D eigenvalue weighted by Crippen LogP contribution is 1.89. The third-order valence-electron chi connectivity index (χ3n) is 1.15. The van der Waals surface area contributed by atoms with E-state index in [1.165, 1.54) is 0 Å². The lowest BCUT2D eigenvalue weighted by molar-refractivity contribution is 0.732. The van der Waals surface area contributed by atoms with E-state index in [9.17, 15) is 0 Å². The van der Waals surface area contributed by atoms with Crippen molar-refractivity contribution in [1.29, 1.82) is 0 Å². The average molecular weight is 111 g/mol. The molecule has 3 nitrogen and oxygen atoms in total. The normalized spacial score (nSPS) is 18.8. The van der Waals surface area contributed by atoms with E-state index in [2.05, 4.69) is 9.98 Å². The third-order valence-corrected chi connectivity index (χ3v) is 1.15. The Balaban J connectivity index is 2.63. The summed E-state index contributed by atoms with van der Waals surface area (Å²) in [5.74, 6) is 1.03. The van der Waals surface area contributed by atoms with E-state index in [1.54, 1.807) is 6.34 Å². The Hall–Kier alpha value is -0.860. The zero-order chi connectivity index (χ0) is 5.98. The molecule has 8 heavy (non-hydrogen) atoms. The van der Waals surface area contributed by atoms with Gasteiger partial charge in [-0.15, -0.1) is 0 Å². The van der Waals surface area contributed by atoms with Gasteiger partial charge in [-0.2, -0.15) is 0 Å². The predicted octanol–water partition coefficient (Wildman–Crippen LogP) is 0.336. The fourth-order valence-electron chi connectivity index (χ4n) is 0.497. The molecule has 0 spiro atoms. The van der Waals surface area contributed by atoms with Crippen molar-refractivity contribution in [2.75, 3.05) is 13.7 Å². The van der Waals surface area contributed by atoms with Crippen molar-refractivity contribution in [1.82, 2.24) is 4.90 Å². The van der Waals surface area contributed by atoms with Crippen LogP contribution in [0.3, 0.4) is 0 Å². The van der Waals surface area contributed by atoms with Gasteiger partial charge in [0, 0.05) is 7.05 Å². The van der Waals surface area contributed by atoms with Crippen molar-refractivity contribution < 1.29 is 0 Å². The van der Waals surface area contributed by atoms with Crippen LogP contribution in [-0.4, -0.2) is 30.8 Å². The molecule has 0 fully saturated rings. The van der Waals surface area contributed by atoms with Crippen molar-refractivity contribution in [3.63, 3.8) is 0 Å². The topological polar surface area (TPSA) is 28.0 Å². The van der Waals surface area contributed by atoms with Crippen LogP contribution in [-0.2, 0) is 0 Å². The van der Waals surface area contributed by atoms with Crippen molar-refractivity contribution in [2.45, 2.75) is 6.92 Å². The Labute approximate surface area is 48.7 Å². The fourth-order valence-corrected chi connectivity index (χ4v) is 0.497. The van der Waals surface area contributed by atoms with Gasteiger partial charge in [0.25, 0.3) is 0 Å². The van der Waals surface area contributed by atoms with Gasteiger partial charge in [-0.25, -0.2) is 4.99 Å². The van der Waals surface area contributed by atoms with Crippen LogP contribution in [0.15, 0.2) is 9.98 Å². The minimum atomic E-state index is 0.593. The SMILES string of the molecule is CC1=NCN=CN1C. The highest BCUT2D eigenvalue weighted by Gasteiger charge is 1.97. The van der Waals surface area contributed by atoms with Gasteiger partial charge in [0.1, 0.15) is 12.5 Å². The quantitative estimate of drug-likeness (QED) is 0.443. The smallest absolute Gasteiger partial charge is 0.133 e. The van der Waals surface area contributed by atoms with Gasteiger partial charge in [-0.3, -0.25) is 4.99 Å². The molecule has 0 amide bonds. The second-order valence-electron chi connectivity index (χ2n) is 1.76. The van der Waals surface area contributed by atoms with Gasteiger partial charge in [-0.1, -0.05) is 0 Å². The lowest BCUT2D eigenvalue weighted by atomic mass is 10.6. The third kappa shape index (κ3) is 0.857. The van der Waals surface area contributed by atoms with Crippen LogP contribution >= 0.6 is 0 Å². The summed E-state index contributed by atoms with van der Waals surface area (Å²) in [5.41, 5.74) is 0. The summed E-state index contributed by atoms with van der Waals surface area (Å²) in [6.45, 7) is 2.56. The van der Waals surface area contributed by atoms with Crippen LogP contribution in [0.5, 0.6) is 0 Å². The van der Waals surface area contributed by atoms with E-state index >= 15 is 0 Å². The second kappa shape index (κ2) is 1.94. The van der Waals surface area contributed by atoms with Crippen LogP contribution in [0.2, 0.25) is 0 Å².